The average molecular weight is 256 g/mol. The smallest absolute Gasteiger partial charge is 0.0690 e. The van der Waals surface area contributed by atoms with Crippen molar-refractivity contribution in [2.45, 2.75) is 40.0 Å². The molecule has 0 N–H and O–H groups in total. The van der Waals surface area contributed by atoms with Gasteiger partial charge in [-0.2, -0.15) is 5.26 Å². The lowest BCUT2D eigenvalue weighted by atomic mass is 9.74. The monoisotopic (exact) mass is 256 g/mol. The number of hydrogen-bond donors (Lipinski definition) is 0. The van der Waals surface area contributed by atoms with Gasteiger partial charge in [0.1, 0.15) is 0 Å². The third-order valence-corrected chi connectivity index (χ3v) is 4.45. The molecular weight excluding hydrogens is 232 g/mol. The minimum absolute atomic E-state index is 0.117. The van der Waals surface area contributed by atoms with Crippen LogP contribution in [0.25, 0.3) is 0 Å². The molecule has 1 saturated heterocycles. The fraction of sp³-hybridized carbons (Fsp3) is 0.588. The highest BCUT2D eigenvalue weighted by atomic mass is 15.1. The fourth-order valence-corrected chi connectivity index (χ4v) is 2.68. The molecule has 0 aromatic heterocycles. The molecule has 2 rings (SSSR count). The van der Waals surface area contributed by atoms with Crippen LogP contribution in [0.4, 0.5) is 5.69 Å². The maximum Gasteiger partial charge on any atom is 0.0690 e. The van der Waals surface area contributed by atoms with Gasteiger partial charge in [0.15, 0.2) is 0 Å². The molecule has 0 bridgehead atoms. The summed E-state index contributed by atoms with van der Waals surface area (Å²) < 4.78 is 0. The van der Waals surface area contributed by atoms with Gasteiger partial charge < -0.3 is 4.90 Å². The Kier molecular flexibility index (Phi) is 3.85. The number of piperidine rings is 1. The molecule has 102 valence electrons. The second-order valence-electron chi connectivity index (χ2n) is 6.61. The lowest BCUT2D eigenvalue weighted by Crippen LogP contribution is -2.44. The van der Waals surface area contributed by atoms with Crippen LogP contribution in [0.2, 0.25) is 0 Å². The summed E-state index contributed by atoms with van der Waals surface area (Å²) in [5.74, 6) is 0.687. The van der Waals surface area contributed by atoms with Gasteiger partial charge >= 0.3 is 0 Å². The Morgan fingerprint density at radius 3 is 2.42 bits per heavy atom. The van der Waals surface area contributed by atoms with Crippen molar-refractivity contribution in [1.29, 1.82) is 5.26 Å². The van der Waals surface area contributed by atoms with Crippen molar-refractivity contribution in [3.8, 4) is 6.07 Å². The van der Waals surface area contributed by atoms with Gasteiger partial charge in [-0.3, -0.25) is 0 Å². The summed E-state index contributed by atoms with van der Waals surface area (Å²) in [6, 6.07) is 11.3. The van der Waals surface area contributed by atoms with Crippen LogP contribution in [0.15, 0.2) is 24.3 Å². The highest BCUT2D eigenvalue weighted by Crippen LogP contribution is 2.37. The van der Waals surface area contributed by atoms with Crippen molar-refractivity contribution in [2.24, 2.45) is 11.3 Å². The number of anilines is 1. The van der Waals surface area contributed by atoms with Crippen molar-refractivity contribution >= 4 is 5.69 Å². The van der Waals surface area contributed by atoms with E-state index in [1.807, 2.05) is 0 Å². The summed E-state index contributed by atoms with van der Waals surface area (Å²) in [4.78, 5) is 2.35. The molecule has 0 spiro atoms. The topological polar surface area (TPSA) is 27.0 Å². The van der Waals surface area contributed by atoms with Crippen LogP contribution in [0.3, 0.4) is 0 Å². The van der Waals surface area contributed by atoms with Crippen molar-refractivity contribution in [3.63, 3.8) is 0 Å². The van der Waals surface area contributed by atoms with Crippen LogP contribution in [-0.4, -0.2) is 13.1 Å². The van der Waals surface area contributed by atoms with Crippen LogP contribution in [-0.2, 0) is 0 Å². The van der Waals surface area contributed by atoms with E-state index in [2.05, 4.69) is 62.9 Å². The summed E-state index contributed by atoms with van der Waals surface area (Å²) in [6.45, 7) is 10.7. The first-order chi connectivity index (χ1) is 8.94. The zero-order valence-corrected chi connectivity index (χ0v) is 12.5. The molecular formula is C17H24N2. The van der Waals surface area contributed by atoms with Gasteiger partial charge in [0, 0.05) is 18.8 Å². The standard InChI is InChI=1S/C17H24N2/c1-13(2)14-5-7-16(8-6-14)19-10-9-17(3,4)15(11-18)12-19/h5-8,13,15H,9-10,12H2,1-4H3. The minimum atomic E-state index is 0.117. The lowest BCUT2D eigenvalue weighted by molar-refractivity contribution is 0.217. The summed E-state index contributed by atoms with van der Waals surface area (Å²) in [5, 5.41) is 9.33. The molecule has 1 aromatic carbocycles. The zero-order valence-electron chi connectivity index (χ0n) is 12.5. The Bertz CT molecular complexity index is 465. The molecule has 1 heterocycles. The molecule has 0 saturated carbocycles. The molecule has 0 aliphatic carbocycles. The Morgan fingerprint density at radius 1 is 1.26 bits per heavy atom. The van der Waals surface area contributed by atoms with Gasteiger partial charge in [0.05, 0.1) is 12.0 Å². The minimum Gasteiger partial charge on any atom is -0.370 e. The maximum absolute atomic E-state index is 9.33. The first kappa shape index (κ1) is 13.9. The van der Waals surface area contributed by atoms with Crippen molar-refractivity contribution in [1.82, 2.24) is 0 Å². The van der Waals surface area contributed by atoms with E-state index in [-0.39, 0.29) is 11.3 Å². The number of rotatable bonds is 2. The molecule has 1 aromatic rings. The molecule has 0 amide bonds. The third kappa shape index (κ3) is 2.92. The predicted octanol–water partition coefficient (Wildman–Crippen LogP) is 4.19. The second kappa shape index (κ2) is 5.25. The largest absolute Gasteiger partial charge is 0.370 e. The highest BCUT2D eigenvalue weighted by molar-refractivity contribution is 5.49. The van der Waals surface area contributed by atoms with E-state index in [0.29, 0.717) is 5.92 Å². The van der Waals surface area contributed by atoms with Gasteiger partial charge in [-0.1, -0.05) is 39.8 Å². The SMILES string of the molecule is CC(C)c1ccc(N2CCC(C)(C)C(C#N)C2)cc1. The number of nitrogens with zero attached hydrogens (tertiary/aromatic N) is 2. The van der Waals surface area contributed by atoms with E-state index in [9.17, 15) is 5.26 Å². The van der Waals surface area contributed by atoms with Gasteiger partial charge in [0.25, 0.3) is 0 Å². The lowest BCUT2D eigenvalue weighted by Gasteiger charge is -2.41. The van der Waals surface area contributed by atoms with Crippen LogP contribution in [0.1, 0.15) is 45.6 Å². The van der Waals surface area contributed by atoms with Gasteiger partial charge in [-0.15, -0.1) is 0 Å². The molecule has 1 atom stereocenters. The predicted molar refractivity (Wildman–Crippen MR) is 80.2 cm³/mol. The molecule has 19 heavy (non-hydrogen) atoms. The normalized spacial score (nSPS) is 22.3. The molecule has 2 heteroatoms. The van der Waals surface area contributed by atoms with E-state index in [0.717, 1.165) is 19.5 Å². The third-order valence-electron chi connectivity index (χ3n) is 4.45. The highest BCUT2D eigenvalue weighted by Gasteiger charge is 2.35. The molecule has 1 unspecified atom stereocenters. The van der Waals surface area contributed by atoms with E-state index >= 15 is 0 Å². The number of benzene rings is 1. The summed E-state index contributed by atoms with van der Waals surface area (Å²) in [5.41, 5.74) is 2.77. The fourth-order valence-electron chi connectivity index (χ4n) is 2.68. The van der Waals surface area contributed by atoms with E-state index < -0.39 is 0 Å². The number of hydrogen-bond acceptors (Lipinski definition) is 2. The van der Waals surface area contributed by atoms with Crippen LogP contribution >= 0.6 is 0 Å². The molecule has 2 nitrogen and oxygen atoms in total. The van der Waals surface area contributed by atoms with Crippen LogP contribution in [0, 0.1) is 22.7 Å². The second-order valence-corrected chi connectivity index (χ2v) is 6.61. The van der Waals surface area contributed by atoms with Crippen molar-refractivity contribution in [3.05, 3.63) is 29.8 Å². The van der Waals surface area contributed by atoms with Crippen molar-refractivity contribution < 1.29 is 0 Å². The molecule has 0 radical (unpaired) electrons. The van der Waals surface area contributed by atoms with Crippen LogP contribution in [0.5, 0.6) is 0 Å². The quantitative estimate of drug-likeness (QED) is 0.793. The summed E-state index contributed by atoms with van der Waals surface area (Å²) in [7, 11) is 0. The molecule has 1 fully saturated rings. The molecule has 1 aliphatic rings. The van der Waals surface area contributed by atoms with Gasteiger partial charge in [-0.25, -0.2) is 0 Å². The number of nitriles is 1. The van der Waals surface area contributed by atoms with Crippen LogP contribution < -0.4 is 4.90 Å². The van der Waals surface area contributed by atoms with Gasteiger partial charge in [-0.05, 0) is 35.4 Å². The Hall–Kier alpha value is -1.49. The Morgan fingerprint density at radius 2 is 1.89 bits per heavy atom. The average Bonchev–Trinajstić information content (AvgIpc) is 2.38. The van der Waals surface area contributed by atoms with E-state index in [1.165, 1.54) is 11.3 Å². The first-order valence-electron chi connectivity index (χ1n) is 7.18. The summed E-state index contributed by atoms with van der Waals surface area (Å²) in [6.07, 6.45) is 1.08. The maximum atomic E-state index is 9.33. The Balaban J connectivity index is 2.13. The Labute approximate surface area is 117 Å². The zero-order chi connectivity index (χ0) is 14.0. The molecule has 1 aliphatic heterocycles. The van der Waals surface area contributed by atoms with E-state index in [4.69, 9.17) is 0 Å². The van der Waals surface area contributed by atoms with Gasteiger partial charge in [0.2, 0.25) is 0 Å². The first-order valence-corrected chi connectivity index (χ1v) is 7.18. The summed E-state index contributed by atoms with van der Waals surface area (Å²) >= 11 is 0. The van der Waals surface area contributed by atoms with Crippen molar-refractivity contribution in [2.75, 3.05) is 18.0 Å². The van der Waals surface area contributed by atoms with E-state index in [1.54, 1.807) is 0 Å².